The third kappa shape index (κ3) is 5.88. The van der Waals surface area contributed by atoms with E-state index < -0.39 is 39.7 Å². The molecule has 2 heterocycles. The van der Waals surface area contributed by atoms with Crippen LogP contribution in [0.5, 0.6) is 11.6 Å². The molecule has 0 aliphatic heterocycles. The minimum absolute atomic E-state index is 0.0287. The highest BCUT2D eigenvalue weighted by atomic mass is 31.1. The quantitative estimate of drug-likeness (QED) is 0.367. The first kappa shape index (κ1) is 24.6. The Kier molecular flexibility index (Phi) is 8.03. The summed E-state index contributed by atoms with van der Waals surface area (Å²) in [4.78, 5) is 12.0. The monoisotopic (exact) mass is 486 g/mol. The van der Waals surface area contributed by atoms with Gasteiger partial charge >= 0.3 is 8.25 Å². The van der Waals surface area contributed by atoms with Crippen molar-refractivity contribution in [1.29, 1.82) is 0 Å². The molecular weight excluding hydrogens is 463 g/mol. The van der Waals surface area contributed by atoms with Crippen LogP contribution in [-0.4, -0.2) is 56.5 Å². The number of fused-ring (bicyclic) bond motifs is 1. The predicted molar refractivity (Wildman–Crippen MR) is 113 cm³/mol. The number of imidazole rings is 1. The molecule has 14 heteroatoms. The topological polar surface area (TPSA) is 144 Å². The van der Waals surface area contributed by atoms with Gasteiger partial charge in [0.2, 0.25) is 11.8 Å². The number of rotatable bonds is 12. The summed E-state index contributed by atoms with van der Waals surface area (Å²) in [5, 5.41) is 9.96. The molecule has 0 saturated carbocycles. The van der Waals surface area contributed by atoms with Gasteiger partial charge in [0, 0.05) is 4.57 Å². The Balaban J connectivity index is 1.79. The lowest BCUT2D eigenvalue weighted by atomic mass is 10.2. The predicted octanol–water partition coefficient (Wildman–Crippen LogP) is 3.09. The number of hydrogen-bond acceptors (Lipinski definition) is 10. The van der Waals surface area contributed by atoms with Crippen molar-refractivity contribution in [2.24, 2.45) is 0 Å². The molecular formula is C19H23F2N5O6P+. The summed E-state index contributed by atoms with van der Waals surface area (Å²) >= 11 is 0. The summed E-state index contributed by atoms with van der Waals surface area (Å²) in [5.74, 6) is -2.84. The maximum Gasteiger partial charge on any atom is 0.750 e. The fraction of sp³-hybridized carbons (Fsp3) is 0.421. The SMILES string of the molecule is CCOc1nc(N)nc2c1ncn2[C@@H](CF)O[C@](F)(CO[P+](=O)Oc1ccccc1)[C@H](C)O. The van der Waals surface area contributed by atoms with Crippen LogP contribution in [0.3, 0.4) is 0 Å². The molecule has 3 N–H and O–H groups in total. The lowest BCUT2D eigenvalue weighted by Crippen LogP contribution is -2.45. The summed E-state index contributed by atoms with van der Waals surface area (Å²) in [6.07, 6.45) is -2.27. The number of benzene rings is 1. The van der Waals surface area contributed by atoms with E-state index in [4.69, 9.17) is 24.3 Å². The standard InChI is InChI=1S/C19H23F2N5O6P/c1-3-29-17-15-16(24-18(22)25-17)26(11-23-15)14(9-20)31-19(21,12(2)27)10-30-33(28)32-13-7-5-4-6-8-13/h4-8,11-12,14,27H,3,9-10H2,1-2H3,(H2,22,24,25)/q+1/t12-,14+,19+/m0/s1. The number of halogens is 2. The van der Waals surface area contributed by atoms with E-state index in [0.717, 1.165) is 17.8 Å². The number of nitrogens with zero attached hydrogens (tertiary/aromatic N) is 4. The van der Waals surface area contributed by atoms with Crippen molar-refractivity contribution in [3.63, 3.8) is 0 Å². The molecule has 3 aromatic rings. The van der Waals surface area contributed by atoms with Crippen molar-refractivity contribution in [2.75, 3.05) is 25.6 Å². The van der Waals surface area contributed by atoms with Gasteiger partial charge in [-0.3, -0.25) is 4.57 Å². The van der Waals surface area contributed by atoms with E-state index in [9.17, 15) is 14.1 Å². The minimum atomic E-state index is -2.96. The molecule has 0 fully saturated rings. The average molecular weight is 486 g/mol. The normalized spacial score (nSPS) is 15.6. The number of anilines is 1. The van der Waals surface area contributed by atoms with Crippen molar-refractivity contribution in [2.45, 2.75) is 32.0 Å². The van der Waals surface area contributed by atoms with Crippen molar-refractivity contribution in [1.82, 2.24) is 19.5 Å². The highest BCUT2D eigenvalue weighted by molar-refractivity contribution is 7.33. The summed E-state index contributed by atoms with van der Waals surface area (Å²) < 4.78 is 63.0. The first-order valence-electron chi connectivity index (χ1n) is 9.84. The number of nitrogen functional groups attached to an aromatic ring is 1. The zero-order chi connectivity index (χ0) is 24.0. The molecule has 4 atom stereocenters. The van der Waals surface area contributed by atoms with Crippen molar-refractivity contribution in [3.05, 3.63) is 36.7 Å². The van der Waals surface area contributed by atoms with Gasteiger partial charge in [0.05, 0.1) is 12.9 Å². The van der Waals surface area contributed by atoms with Crippen LogP contribution in [0.1, 0.15) is 20.1 Å². The third-order valence-corrected chi connectivity index (χ3v) is 5.08. The van der Waals surface area contributed by atoms with Gasteiger partial charge in [-0.25, -0.2) is 18.3 Å². The Hall–Kier alpha value is -2.99. The fourth-order valence-electron chi connectivity index (χ4n) is 2.73. The van der Waals surface area contributed by atoms with Crippen LogP contribution in [-0.2, 0) is 13.8 Å². The van der Waals surface area contributed by atoms with Gasteiger partial charge in [-0.05, 0) is 26.0 Å². The second-order valence-corrected chi connectivity index (χ2v) is 7.62. The van der Waals surface area contributed by atoms with Gasteiger partial charge in [0.25, 0.3) is 5.85 Å². The molecule has 0 spiro atoms. The van der Waals surface area contributed by atoms with E-state index >= 15 is 4.39 Å². The van der Waals surface area contributed by atoms with E-state index in [2.05, 4.69) is 15.0 Å². The van der Waals surface area contributed by atoms with Crippen LogP contribution in [0.4, 0.5) is 14.7 Å². The summed E-state index contributed by atoms with van der Waals surface area (Å²) in [6, 6.07) is 8.06. The van der Waals surface area contributed by atoms with E-state index in [1.165, 1.54) is 12.1 Å². The zero-order valence-corrected chi connectivity index (χ0v) is 18.7. The Labute approximate surface area is 188 Å². The molecule has 33 heavy (non-hydrogen) atoms. The third-order valence-electron chi connectivity index (χ3n) is 4.38. The van der Waals surface area contributed by atoms with Crippen molar-refractivity contribution in [3.8, 4) is 11.6 Å². The van der Waals surface area contributed by atoms with E-state index in [1.54, 1.807) is 25.1 Å². The average Bonchev–Trinajstić information content (AvgIpc) is 3.20. The second-order valence-electron chi connectivity index (χ2n) is 6.73. The number of aliphatic hydroxyl groups is 1. The lowest BCUT2D eigenvalue weighted by molar-refractivity contribution is -0.259. The molecule has 0 amide bonds. The second kappa shape index (κ2) is 10.8. The molecule has 178 valence electrons. The van der Waals surface area contributed by atoms with Crippen LogP contribution in [0.2, 0.25) is 0 Å². The van der Waals surface area contributed by atoms with Gasteiger partial charge in [-0.2, -0.15) is 9.97 Å². The fourth-order valence-corrected chi connectivity index (χ4v) is 3.36. The van der Waals surface area contributed by atoms with E-state index in [1.807, 2.05) is 0 Å². The number of aromatic nitrogens is 4. The molecule has 11 nitrogen and oxygen atoms in total. The van der Waals surface area contributed by atoms with Gasteiger partial charge in [0.1, 0.15) is 12.8 Å². The first-order valence-corrected chi connectivity index (χ1v) is 10.9. The van der Waals surface area contributed by atoms with Gasteiger partial charge in [-0.1, -0.05) is 18.2 Å². The largest absolute Gasteiger partial charge is 0.750 e. The molecule has 1 aromatic carbocycles. The van der Waals surface area contributed by atoms with Crippen LogP contribution >= 0.6 is 8.25 Å². The lowest BCUT2D eigenvalue weighted by Gasteiger charge is -2.30. The van der Waals surface area contributed by atoms with Crippen LogP contribution in [0.25, 0.3) is 11.2 Å². The van der Waals surface area contributed by atoms with Crippen molar-refractivity contribution < 1.29 is 37.0 Å². The molecule has 0 radical (unpaired) electrons. The van der Waals surface area contributed by atoms with Crippen LogP contribution in [0, 0.1) is 0 Å². The summed E-state index contributed by atoms with van der Waals surface area (Å²) in [5.41, 5.74) is 5.87. The number of ether oxygens (including phenoxy) is 2. The highest BCUT2D eigenvalue weighted by Gasteiger charge is 2.44. The van der Waals surface area contributed by atoms with Gasteiger partial charge in [-0.15, -0.1) is 4.52 Å². The molecule has 0 aliphatic carbocycles. The van der Waals surface area contributed by atoms with Crippen LogP contribution in [0.15, 0.2) is 36.7 Å². The molecule has 0 aliphatic rings. The highest BCUT2D eigenvalue weighted by Crippen LogP contribution is 2.34. The van der Waals surface area contributed by atoms with E-state index in [0.29, 0.717) is 0 Å². The molecule has 0 saturated heterocycles. The summed E-state index contributed by atoms with van der Waals surface area (Å²) in [6.45, 7) is 0.809. The number of alkyl halides is 2. The summed E-state index contributed by atoms with van der Waals surface area (Å²) in [7, 11) is -2.81. The minimum Gasteiger partial charge on any atom is -0.476 e. The molecule has 0 bridgehead atoms. The smallest absolute Gasteiger partial charge is 0.476 e. The zero-order valence-electron chi connectivity index (χ0n) is 17.8. The molecule has 2 aromatic heterocycles. The molecule has 3 rings (SSSR count). The van der Waals surface area contributed by atoms with Gasteiger partial charge < -0.3 is 20.3 Å². The van der Waals surface area contributed by atoms with Gasteiger partial charge in [0.15, 0.2) is 29.7 Å². The number of hydrogen-bond donors (Lipinski definition) is 2. The maximum absolute atomic E-state index is 15.5. The Morgan fingerprint density at radius 3 is 2.67 bits per heavy atom. The Bertz CT molecular complexity index is 1090. The molecule has 1 unspecified atom stereocenters. The van der Waals surface area contributed by atoms with E-state index in [-0.39, 0.29) is 35.3 Å². The van der Waals surface area contributed by atoms with Crippen molar-refractivity contribution >= 4 is 25.4 Å². The number of aliphatic hydroxyl groups excluding tert-OH is 1. The maximum atomic E-state index is 15.5. The Morgan fingerprint density at radius 1 is 1.30 bits per heavy atom. The van der Waals surface area contributed by atoms with Crippen LogP contribution < -0.4 is 15.0 Å². The number of para-hydroxylation sites is 1. The first-order chi connectivity index (χ1) is 15.8. The Morgan fingerprint density at radius 2 is 2.03 bits per heavy atom. The number of nitrogens with two attached hydrogens (primary N) is 1.